The Hall–Kier alpha value is -1.16. The van der Waals surface area contributed by atoms with E-state index in [2.05, 4.69) is 22.2 Å². The van der Waals surface area contributed by atoms with Gasteiger partial charge in [0, 0.05) is 12.4 Å². The van der Waals surface area contributed by atoms with Crippen molar-refractivity contribution in [2.45, 2.75) is 19.4 Å². The molecule has 0 fully saturated rings. The summed E-state index contributed by atoms with van der Waals surface area (Å²) >= 11 is 12.0. The highest BCUT2D eigenvalue weighted by Crippen LogP contribution is 2.27. The summed E-state index contributed by atoms with van der Waals surface area (Å²) in [4.78, 5) is 8.62. The van der Waals surface area contributed by atoms with Gasteiger partial charge >= 0.3 is 0 Å². The standard InChI is InChI=1S/C14H15Cl2N3/c1-2-6-17-13(14-18-7-3-8-19-14)10-4-5-11(15)12(16)9-10/h3-5,7-9,13,17H,2,6H2,1H3. The molecule has 0 spiro atoms. The lowest BCUT2D eigenvalue weighted by Crippen LogP contribution is -2.25. The average molecular weight is 296 g/mol. The quantitative estimate of drug-likeness (QED) is 0.910. The monoisotopic (exact) mass is 295 g/mol. The van der Waals surface area contributed by atoms with Gasteiger partial charge in [0.25, 0.3) is 0 Å². The van der Waals surface area contributed by atoms with Crippen molar-refractivity contribution in [3.8, 4) is 0 Å². The smallest absolute Gasteiger partial charge is 0.149 e. The summed E-state index contributed by atoms with van der Waals surface area (Å²) in [6.45, 7) is 2.99. The van der Waals surface area contributed by atoms with E-state index in [0.717, 1.165) is 24.4 Å². The molecule has 1 heterocycles. The van der Waals surface area contributed by atoms with E-state index >= 15 is 0 Å². The van der Waals surface area contributed by atoms with Crippen molar-refractivity contribution in [1.82, 2.24) is 15.3 Å². The second kappa shape index (κ2) is 6.85. The minimum Gasteiger partial charge on any atom is -0.304 e. The van der Waals surface area contributed by atoms with Crippen LogP contribution in [-0.4, -0.2) is 16.5 Å². The molecule has 0 aliphatic carbocycles. The van der Waals surface area contributed by atoms with Crippen molar-refractivity contribution in [3.05, 3.63) is 58.1 Å². The number of hydrogen-bond donors (Lipinski definition) is 1. The van der Waals surface area contributed by atoms with Crippen LogP contribution in [-0.2, 0) is 0 Å². The Kier molecular flexibility index (Phi) is 5.14. The van der Waals surface area contributed by atoms with E-state index in [9.17, 15) is 0 Å². The van der Waals surface area contributed by atoms with E-state index in [1.54, 1.807) is 24.5 Å². The van der Waals surface area contributed by atoms with Crippen LogP contribution in [0.5, 0.6) is 0 Å². The maximum Gasteiger partial charge on any atom is 0.149 e. The molecule has 3 nitrogen and oxygen atoms in total. The molecule has 0 saturated heterocycles. The lowest BCUT2D eigenvalue weighted by molar-refractivity contribution is 0.572. The molecule has 100 valence electrons. The molecular formula is C14H15Cl2N3. The Morgan fingerprint density at radius 1 is 1.16 bits per heavy atom. The van der Waals surface area contributed by atoms with Gasteiger partial charge < -0.3 is 5.32 Å². The van der Waals surface area contributed by atoms with E-state index in [4.69, 9.17) is 23.2 Å². The van der Waals surface area contributed by atoms with Crippen LogP contribution in [0.15, 0.2) is 36.7 Å². The Balaban J connectivity index is 2.34. The Labute approximate surface area is 123 Å². The summed E-state index contributed by atoms with van der Waals surface area (Å²) in [5.74, 6) is 0.731. The van der Waals surface area contributed by atoms with Crippen LogP contribution in [0, 0.1) is 0 Å². The Morgan fingerprint density at radius 2 is 1.89 bits per heavy atom. The highest BCUT2D eigenvalue weighted by atomic mass is 35.5. The van der Waals surface area contributed by atoms with Crippen molar-refractivity contribution in [2.75, 3.05) is 6.54 Å². The fourth-order valence-electron chi connectivity index (χ4n) is 1.80. The van der Waals surface area contributed by atoms with Gasteiger partial charge in [-0.1, -0.05) is 36.2 Å². The second-order valence-electron chi connectivity index (χ2n) is 4.17. The molecule has 0 bridgehead atoms. The predicted molar refractivity (Wildman–Crippen MR) is 78.6 cm³/mol. The van der Waals surface area contributed by atoms with Gasteiger partial charge in [0.1, 0.15) is 5.82 Å². The van der Waals surface area contributed by atoms with E-state index < -0.39 is 0 Å². The van der Waals surface area contributed by atoms with Crippen molar-refractivity contribution in [3.63, 3.8) is 0 Å². The van der Waals surface area contributed by atoms with Gasteiger partial charge in [-0.25, -0.2) is 9.97 Å². The van der Waals surface area contributed by atoms with E-state index in [0.29, 0.717) is 10.0 Å². The lowest BCUT2D eigenvalue weighted by Gasteiger charge is -2.18. The summed E-state index contributed by atoms with van der Waals surface area (Å²) in [6, 6.07) is 7.32. The SMILES string of the molecule is CCCNC(c1ccc(Cl)c(Cl)c1)c1ncccn1. The molecule has 1 unspecified atom stereocenters. The fourth-order valence-corrected chi connectivity index (χ4v) is 2.11. The van der Waals surface area contributed by atoms with Crippen LogP contribution in [0.3, 0.4) is 0 Å². The largest absolute Gasteiger partial charge is 0.304 e. The van der Waals surface area contributed by atoms with E-state index in [1.807, 2.05) is 12.1 Å². The molecule has 2 rings (SSSR count). The normalized spacial score (nSPS) is 12.4. The molecule has 0 saturated carbocycles. The molecule has 2 aromatic rings. The molecule has 19 heavy (non-hydrogen) atoms. The first-order valence-corrected chi connectivity index (χ1v) is 6.93. The summed E-state index contributed by atoms with van der Waals surface area (Å²) in [6.07, 6.45) is 4.51. The topological polar surface area (TPSA) is 37.8 Å². The molecule has 0 aliphatic rings. The molecular weight excluding hydrogens is 281 g/mol. The highest BCUT2D eigenvalue weighted by molar-refractivity contribution is 6.42. The van der Waals surface area contributed by atoms with Crippen LogP contribution in [0.4, 0.5) is 0 Å². The van der Waals surface area contributed by atoms with Gasteiger partial charge in [0.2, 0.25) is 0 Å². The maximum atomic E-state index is 6.08. The second-order valence-corrected chi connectivity index (χ2v) is 4.98. The minimum absolute atomic E-state index is 0.0732. The van der Waals surface area contributed by atoms with Gasteiger partial charge in [0.15, 0.2) is 0 Å². The predicted octanol–water partition coefficient (Wildman–Crippen LogP) is 3.87. The number of aromatic nitrogens is 2. The molecule has 1 aromatic heterocycles. The summed E-state index contributed by atoms with van der Waals surface area (Å²) < 4.78 is 0. The molecule has 0 radical (unpaired) electrons. The molecule has 1 N–H and O–H groups in total. The van der Waals surface area contributed by atoms with Crippen molar-refractivity contribution < 1.29 is 0 Å². The first-order chi connectivity index (χ1) is 9.22. The van der Waals surface area contributed by atoms with Crippen molar-refractivity contribution in [2.24, 2.45) is 0 Å². The van der Waals surface area contributed by atoms with Crippen LogP contribution in [0.2, 0.25) is 10.0 Å². The third kappa shape index (κ3) is 3.66. The number of nitrogens with zero attached hydrogens (tertiary/aromatic N) is 2. The summed E-state index contributed by atoms with van der Waals surface area (Å²) in [5, 5.41) is 4.51. The van der Waals surface area contributed by atoms with E-state index in [-0.39, 0.29) is 6.04 Å². The van der Waals surface area contributed by atoms with Gasteiger partial charge in [-0.15, -0.1) is 0 Å². The third-order valence-corrected chi connectivity index (χ3v) is 3.46. The van der Waals surface area contributed by atoms with Crippen molar-refractivity contribution >= 4 is 23.2 Å². The number of benzene rings is 1. The zero-order valence-electron chi connectivity index (χ0n) is 10.6. The maximum absolute atomic E-state index is 6.08. The van der Waals surface area contributed by atoms with Crippen LogP contribution < -0.4 is 5.32 Å². The zero-order valence-corrected chi connectivity index (χ0v) is 12.1. The minimum atomic E-state index is -0.0732. The fraction of sp³-hybridized carbons (Fsp3) is 0.286. The van der Waals surface area contributed by atoms with E-state index in [1.165, 1.54) is 0 Å². The van der Waals surface area contributed by atoms with Gasteiger partial charge in [-0.2, -0.15) is 0 Å². The number of nitrogens with one attached hydrogen (secondary N) is 1. The summed E-state index contributed by atoms with van der Waals surface area (Å²) in [7, 11) is 0. The number of rotatable bonds is 5. The first kappa shape index (κ1) is 14.3. The van der Waals surface area contributed by atoms with Crippen LogP contribution in [0.25, 0.3) is 0 Å². The first-order valence-electron chi connectivity index (χ1n) is 6.17. The number of hydrogen-bond acceptors (Lipinski definition) is 3. The van der Waals surface area contributed by atoms with Gasteiger partial charge in [-0.3, -0.25) is 0 Å². The Bertz CT molecular complexity index is 531. The Morgan fingerprint density at radius 3 is 2.53 bits per heavy atom. The molecule has 0 aliphatic heterocycles. The highest BCUT2D eigenvalue weighted by Gasteiger charge is 2.16. The number of halogens is 2. The van der Waals surface area contributed by atoms with Gasteiger partial charge in [0.05, 0.1) is 16.1 Å². The molecule has 5 heteroatoms. The zero-order chi connectivity index (χ0) is 13.7. The molecule has 0 amide bonds. The summed E-state index contributed by atoms with van der Waals surface area (Å²) in [5.41, 5.74) is 1.01. The third-order valence-electron chi connectivity index (χ3n) is 2.72. The van der Waals surface area contributed by atoms with Crippen LogP contribution >= 0.6 is 23.2 Å². The molecule has 1 aromatic carbocycles. The van der Waals surface area contributed by atoms with Crippen molar-refractivity contribution in [1.29, 1.82) is 0 Å². The lowest BCUT2D eigenvalue weighted by atomic mass is 10.1. The molecule has 1 atom stereocenters. The van der Waals surface area contributed by atoms with Gasteiger partial charge in [-0.05, 0) is 36.7 Å². The van der Waals surface area contributed by atoms with Crippen LogP contribution in [0.1, 0.15) is 30.8 Å². The average Bonchev–Trinajstić information content (AvgIpc) is 2.44.